The molecular weight excluding hydrogens is 208 g/mol. The molecular formula is C15H18N2. The van der Waals surface area contributed by atoms with Gasteiger partial charge >= 0.3 is 0 Å². The molecule has 2 fully saturated rings. The molecule has 2 heteroatoms. The first-order valence-corrected chi connectivity index (χ1v) is 6.52. The quantitative estimate of drug-likeness (QED) is 0.775. The molecule has 0 N–H and O–H groups in total. The van der Waals surface area contributed by atoms with Crippen LogP contribution in [0.25, 0.3) is 0 Å². The second-order valence-electron chi connectivity index (χ2n) is 5.42. The van der Waals surface area contributed by atoms with Crippen LogP contribution in [0.1, 0.15) is 18.4 Å². The van der Waals surface area contributed by atoms with E-state index in [0.717, 1.165) is 25.4 Å². The number of likely N-dealkylation sites (tertiary alicyclic amines) is 1. The monoisotopic (exact) mass is 226 g/mol. The summed E-state index contributed by atoms with van der Waals surface area (Å²) in [6, 6.07) is 13.1. The lowest BCUT2D eigenvalue weighted by Gasteiger charge is -2.17. The maximum atomic E-state index is 9.12. The summed E-state index contributed by atoms with van der Waals surface area (Å²) in [7, 11) is 0. The van der Waals surface area contributed by atoms with Gasteiger partial charge in [-0.2, -0.15) is 5.26 Å². The number of rotatable bonds is 2. The number of hydrogen-bond donors (Lipinski definition) is 0. The fourth-order valence-corrected chi connectivity index (χ4v) is 3.49. The summed E-state index contributed by atoms with van der Waals surface area (Å²) in [5.41, 5.74) is 1.39. The van der Waals surface area contributed by atoms with Crippen LogP contribution in [-0.4, -0.2) is 18.0 Å². The van der Waals surface area contributed by atoms with Crippen molar-refractivity contribution < 1.29 is 0 Å². The third-order valence-corrected chi connectivity index (χ3v) is 4.35. The van der Waals surface area contributed by atoms with Crippen molar-refractivity contribution in [2.45, 2.75) is 19.4 Å². The van der Waals surface area contributed by atoms with Crippen LogP contribution in [0.3, 0.4) is 0 Å². The maximum absolute atomic E-state index is 9.12. The van der Waals surface area contributed by atoms with Crippen molar-refractivity contribution in [1.82, 2.24) is 4.90 Å². The van der Waals surface area contributed by atoms with Gasteiger partial charge in [-0.1, -0.05) is 30.3 Å². The summed E-state index contributed by atoms with van der Waals surface area (Å²) >= 11 is 0. The summed E-state index contributed by atoms with van der Waals surface area (Å²) in [6.07, 6.45) is 2.39. The zero-order valence-corrected chi connectivity index (χ0v) is 10.0. The summed E-state index contributed by atoms with van der Waals surface area (Å²) in [4.78, 5) is 2.52. The number of fused-ring (bicyclic) bond motifs is 1. The Kier molecular flexibility index (Phi) is 2.86. The lowest BCUT2D eigenvalue weighted by Crippen LogP contribution is -2.22. The molecule has 1 aliphatic heterocycles. The molecule has 2 aliphatic rings. The molecule has 1 saturated carbocycles. The van der Waals surface area contributed by atoms with Crippen LogP contribution in [-0.2, 0) is 6.54 Å². The number of benzene rings is 1. The molecule has 3 atom stereocenters. The van der Waals surface area contributed by atoms with Crippen molar-refractivity contribution in [1.29, 1.82) is 5.26 Å². The van der Waals surface area contributed by atoms with Crippen LogP contribution in [0.4, 0.5) is 0 Å². The zero-order valence-electron chi connectivity index (χ0n) is 10.0. The minimum Gasteiger partial charge on any atom is -0.298 e. The van der Waals surface area contributed by atoms with Gasteiger partial charge in [-0.25, -0.2) is 0 Å². The van der Waals surface area contributed by atoms with Gasteiger partial charge in [0.15, 0.2) is 0 Å². The number of hydrogen-bond acceptors (Lipinski definition) is 2. The topological polar surface area (TPSA) is 27.0 Å². The molecule has 0 amide bonds. The summed E-state index contributed by atoms with van der Waals surface area (Å²) in [5.74, 6) is 1.74. The van der Waals surface area contributed by atoms with Gasteiger partial charge in [0.25, 0.3) is 0 Å². The smallest absolute Gasteiger partial charge is 0.0659 e. The van der Waals surface area contributed by atoms with E-state index in [-0.39, 0.29) is 0 Å². The van der Waals surface area contributed by atoms with Crippen LogP contribution in [0.5, 0.6) is 0 Å². The molecule has 0 aromatic heterocycles. The SMILES string of the molecule is N#CC1CC[C@@H]2CN(Cc3ccccc3)C[C@H]12. The first-order valence-electron chi connectivity index (χ1n) is 6.52. The highest BCUT2D eigenvalue weighted by Gasteiger charge is 2.42. The van der Waals surface area contributed by atoms with E-state index in [1.807, 2.05) is 0 Å². The highest BCUT2D eigenvalue weighted by atomic mass is 15.2. The van der Waals surface area contributed by atoms with Crippen molar-refractivity contribution in [3.63, 3.8) is 0 Å². The molecule has 88 valence electrons. The fraction of sp³-hybridized carbons (Fsp3) is 0.533. The van der Waals surface area contributed by atoms with Gasteiger partial charge in [-0.05, 0) is 30.2 Å². The first-order chi connectivity index (χ1) is 8.36. The fourth-order valence-electron chi connectivity index (χ4n) is 3.49. The van der Waals surface area contributed by atoms with Crippen LogP contribution < -0.4 is 0 Å². The average molecular weight is 226 g/mol. The van der Waals surface area contributed by atoms with E-state index in [0.29, 0.717) is 11.8 Å². The van der Waals surface area contributed by atoms with Crippen molar-refractivity contribution in [3.05, 3.63) is 35.9 Å². The Morgan fingerprint density at radius 2 is 2.00 bits per heavy atom. The van der Waals surface area contributed by atoms with Crippen LogP contribution >= 0.6 is 0 Å². The van der Waals surface area contributed by atoms with E-state index < -0.39 is 0 Å². The van der Waals surface area contributed by atoms with Gasteiger partial charge in [-0.3, -0.25) is 4.90 Å². The molecule has 1 unspecified atom stereocenters. The summed E-state index contributed by atoms with van der Waals surface area (Å²) in [5, 5.41) is 9.12. The van der Waals surface area contributed by atoms with Crippen molar-refractivity contribution in [3.8, 4) is 6.07 Å². The molecule has 1 aliphatic carbocycles. The van der Waals surface area contributed by atoms with Gasteiger partial charge < -0.3 is 0 Å². The van der Waals surface area contributed by atoms with Gasteiger partial charge in [0, 0.05) is 19.6 Å². The molecule has 3 rings (SSSR count). The van der Waals surface area contributed by atoms with Crippen LogP contribution in [0.2, 0.25) is 0 Å². The van der Waals surface area contributed by atoms with E-state index in [1.165, 1.54) is 18.5 Å². The second kappa shape index (κ2) is 4.50. The van der Waals surface area contributed by atoms with E-state index >= 15 is 0 Å². The van der Waals surface area contributed by atoms with Crippen molar-refractivity contribution in [2.24, 2.45) is 17.8 Å². The Hall–Kier alpha value is -1.33. The highest BCUT2D eigenvalue weighted by molar-refractivity contribution is 5.15. The first kappa shape index (κ1) is 10.8. The number of nitrogens with zero attached hydrogens (tertiary/aromatic N) is 2. The third-order valence-electron chi connectivity index (χ3n) is 4.35. The van der Waals surface area contributed by atoms with Crippen LogP contribution in [0.15, 0.2) is 30.3 Å². The third kappa shape index (κ3) is 2.08. The molecule has 1 aromatic carbocycles. The largest absolute Gasteiger partial charge is 0.298 e. The average Bonchev–Trinajstić information content (AvgIpc) is 2.89. The molecule has 0 radical (unpaired) electrons. The Morgan fingerprint density at radius 1 is 1.18 bits per heavy atom. The molecule has 17 heavy (non-hydrogen) atoms. The molecule has 1 aromatic rings. The van der Waals surface area contributed by atoms with Gasteiger partial charge in [0.1, 0.15) is 0 Å². The minimum atomic E-state index is 0.320. The lowest BCUT2D eigenvalue weighted by atomic mass is 9.94. The van der Waals surface area contributed by atoms with Crippen molar-refractivity contribution in [2.75, 3.05) is 13.1 Å². The Bertz CT molecular complexity index is 420. The summed E-state index contributed by atoms with van der Waals surface area (Å²) in [6.45, 7) is 3.36. The highest BCUT2D eigenvalue weighted by Crippen LogP contribution is 2.42. The van der Waals surface area contributed by atoms with Crippen molar-refractivity contribution >= 4 is 0 Å². The molecule has 1 heterocycles. The Balaban J connectivity index is 1.64. The standard InChI is InChI=1S/C15H18N2/c16-8-13-6-7-14-10-17(11-15(13)14)9-12-4-2-1-3-5-12/h1-5,13-15H,6-7,9-11H2/t13?,14-,15-/m1/s1. The number of nitriles is 1. The predicted molar refractivity (Wildman–Crippen MR) is 67.0 cm³/mol. The normalized spacial score (nSPS) is 32.3. The van der Waals surface area contributed by atoms with E-state index in [1.54, 1.807) is 0 Å². The van der Waals surface area contributed by atoms with E-state index in [4.69, 9.17) is 5.26 Å². The minimum absolute atomic E-state index is 0.320. The zero-order chi connectivity index (χ0) is 11.7. The maximum Gasteiger partial charge on any atom is 0.0659 e. The molecule has 1 saturated heterocycles. The Morgan fingerprint density at radius 3 is 2.76 bits per heavy atom. The lowest BCUT2D eigenvalue weighted by molar-refractivity contribution is 0.295. The van der Waals surface area contributed by atoms with E-state index in [9.17, 15) is 0 Å². The molecule has 2 nitrogen and oxygen atoms in total. The van der Waals surface area contributed by atoms with Gasteiger partial charge in [0.05, 0.1) is 12.0 Å². The predicted octanol–water partition coefficient (Wildman–Crippen LogP) is 2.67. The molecule has 0 spiro atoms. The van der Waals surface area contributed by atoms with Gasteiger partial charge in [0.2, 0.25) is 0 Å². The Labute approximate surface area is 103 Å². The molecule has 0 bridgehead atoms. The second-order valence-corrected chi connectivity index (χ2v) is 5.42. The van der Waals surface area contributed by atoms with E-state index in [2.05, 4.69) is 41.3 Å². The summed E-state index contributed by atoms with van der Waals surface area (Å²) < 4.78 is 0. The van der Waals surface area contributed by atoms with Gasteiger partial charge in [-0.15, -0.1) is 0 Å². The van der Waals surface area contributed by atoms with Crippen LogP contribution in [0, 0.1) is 29.1 Å².